The fourth-order valence-corrected chi connectivity index (χ4v) is 3.34. The van der Waals surface area contributed by atoms with Gasteiger partial charge in [0.25, 0.3) is 0 Å². The van der Waals surface area contributed by atoms with Gasteiger partial charge in [0.1, 0.15) is 5.25 Å². The highest BCUT2D eigenvalue weighted by Gasteiger charge is 2.31. The van der Waals surface area contributed by atoms with Crippen LogP contribution in [0.5, 0.6) is 11.5 Å². The van der Waals surface area contributed by atoms with Crippen LogP contribution in [0.3, 0.4) is 0 Å². The highest BCUT2D eigenvalue weighted by Crippen LogP contribution is 2.34. The number of nitrogens with one attached hydrogen (secondary N) is 1. The van der Waals surface area contributed by atoms with Gasteiger partial charge >= 0.3 is 0 Å². The second-order valence-electron chi connectivity index (χ2n) is 5.16. The second-order valence-corrected chi connectivity index (χ2v) is 6.25. The zero-order chi connectivity index (χ0) is 16.4. The third-order valence-electron chi connectivity index (χ3n) is 3.55. The Hall–Kier alpha value is -2.80. The number of carbonyl (C=O) groups is 1. The molecule has 2 aliphatic heterocycles. The van der Waals surface area contributed by atoms with Crippen LogP contribution < -0.4 is 14.8 Å². The molecule has 0 aliphatic carbocycles. The molecular formula is C17H13N3O3S. The van der Waals surface area contributed by atoms with Crippen LogP contribution in [-0.2, 0) is 4.79 Å². The Morgan fingerprint density at radius 2 is 1.96 bits per heavy atom. The Labute approximate surface area is 142 Å². The van der Waals surface area contributed by atoms with Crippen LogP contribution >= 0.6 is 11.8 Å². The van der Waals surface area contributed by atoms with E-state index in [1.807, 2.05) is 48.5 Å². The van der Waals surface area contributed by atoms with Crippen molar-refractivity contribution in [3.63, 3.8) is 0 Å². The van der Waals surface area contributed by atoms with E-state index in [0.717, 1.165) is 16.9 Å². The molecule has 0 aromatic heterocycles. The molecule has 7 heteroatoms. The molecule has 120 valence electrons. The van der Waals surface area contributed by atoms with Gasteiger partial charge in [0, 0.05) is 0 Å². The minimum absolute atomic E-state index is 0.0803. The van der Waals surface area contributed by atoms with E-state index in [-0.39, 0.29) is 18.0 Å². The Kier molecular flexibility index (Phi) is 3.92. The lowest BCUT2D eigenvalue weighted by molar-refractivity contribution is -0.118. The summed E-state index contributed by atoms with van der Waals surface area (Å²) in [6, 6.07) is 15.1. The quantitative estimate of drug-likeness (QED) is 0.689. The van der Waals surface area contributed by atoms with Gasteiger partial charge in [-0.3, -0.25) is 4.79 Å². The van der Waals surface area contributed by atoms with Crippen LogP contribution in [0.4, 0.5) is 0 Å². The maximum absolute atomic E-state index is 12.1. The highest BCUT2D eigenvalue weighted by molar-refractivity contribution is 8.15. The molecule has 2 heterocycles. The Balaban J connectivity index is 1.46. The number of ether oxygens (including phenoxy) is 2. The molecule has 0 bridgehead atoms. The number of hydrogen-bond acceptors (Lipinski definition) is 6. The SMILES string of the molecule is O=C1NC(=N/N=C\c2ccc3c(c2)OCO3)S[C@H]1c1ccccc1. The summed E-state index contributed by atoms with van der Waals surface area (Å²) >= 11 is 1.36. The third-order valence-corrected chi connectivity index (χ3v) is 4.68. The van der Waals surface area contributed by atoms with Crippen molar-refractivity contribution in [3.05, 3.63) is 59.7 Å². The summed E-state index contributed by atoms with van der Waals surface area (Å²) in [6.45, 7) is 0.238. The van der Waals surface area contributed by atoms with E-state index in [0.29, 0.717) is 10.9 Å². The van der Waals surface area contributed by atoms with Crippen LogP contribution in [0.25, 0.3) is 0 Å². The molecule has 2 aromatic carbocycles. The van der Waals surface area contributed by atoms with Crippen LogP contribution in [0, 0.1) is 0 Å². The van der Waals surface area contributed by atoms with Gasteiger partial charge in [-0.05, 0) is 29.3 Å². The standard InChI is InChI=1S/C17H13N3O3S/c21-16-15(12-4-2-1-3-5-12)24-17(19-16)20-18-9-11-6-7-13-14(8-11)23-10-22-13/h1-9,15H,10H2,(H,19,20,21)/b18-9-/t15-/m0/s1. The fraction of sp³-hybridized carbons (Fsp3) is 0.118. The predicted octanol–water partition coefficient (Wildman–Crippen LogP) is 2.71. The van der Waals surface area contributed by atoms with Crippen molar-refractivity contribution in [2.24, 2.45) is 10.2 Å². The Morgan fingerprint density at radius 1 is 1.12 bits per heavy atom. The number of hydrogen-bond donors (Lipinski definition) is 1. The number of thioether (sulfide) groups is 1. The summed E-state index contributed by atoms with van der Waals surface area (Å²) in [5.41, 5.74) is 1.79. The van der Waals surface area contributed by atoms with Crippen LogP contribution in [0.2, 0.25) is 0 Å². The third kappa shape index (κ3) is 2.98. The van der Waals surface area contributed by atoms with Gasteiger partial charge in [0.05, 0.1) is 6.21 Å². The summed E-state index contributed by atoms with van der Waals surface area (Å²) in [5, 5.41) is 11.1. The van der Waals surface area contributed by atoms with Crippen molar-refractivity contribution < 1.29 is 14.3 Å². The van der Waals surface area contributed by atoms with Gasteiger partial charge in [-0.1, -0.05) is 42.1 Å². The van der Waals surface area contributed by atoms with Gasteiger partial charge in [-0.25, -0.2) is 0 Å². The van der Waals surface area contributed by atoms with Crippen molar-refractivity contribution in [2.75, 3.05) is 6.79 Å². The average molecular weight is 339 g/mol. The monoisotopic (exact) mass is 339 g/mol. The molecular weight excluding hydrogens is 326 g/mol. The van der Waals surface area contributed by atoms with E-state index >= 15 is 0 Å². The minimum atomic E-state index is -0.286. The molecule has 2 aromatic rings. The zero-order valence-electron chi connectivity index (χ0n) is 12.5. The Morgan fingerprint density at radius 3 is 2.83 bits per heavy atom. The highest BCUT2D eigenvalue weighted by atomic mass is 32.2. The van der Waals surface area contributed by atoms with Crippen molar-refractivity contribution in [3.8, 4) is 11.5 Å². The van der Waals surface area contributed by atoms with E-state index in [2.05, 4.69) is 15.5 Å². The van der Waals surface area contributed by atoms with Crippen molar-refractivity contribution in [1.82, 2.24) is 5.32 Å². The molecule has 6 nitrogen and oxygen atoms in total. The number of fused-ring (bicyclic) bond motifs is 1. The van der Waals surface area contributed by atoms with Gasteiger partial charge in [-0.15, -0.1) is 5.10 Å². The van der Waals surface area contributed by atoms with Gasteiger partial charge in [0.15, 0.2) is 16.7 Å². The van der Waals surface area contributed by atoms with Crippen molar-refractivity contribution >= 4 is 29.1 Å². The average Bonchev–Trinajstić information content (AvgIpc) is 3.21. The van der Waals surface area contributed by atoms with Gasteiger partial charge in [0.2, 0.25) is 12.7 Å². The first kappa shape index (κ1) is 14.8. The summed E-state index contributed by atoms with van der Waals surface area (Å²) in [6.07, 6.45) is 1.61. The minimum Gasteiger partial charge on any atom is -0.454 e. The van der Waals surface area contributed by atoms with E-state index in [1.165, 1.54) is 11.8 Å². The molecule has 0 unspecified atom stereocenters. The first-order valence-corrected chi connectivity index (χ1v) is 8.21. The lowest BCUT2D eigenvalue weighted by atomic mass is 10.1. The molecule has 0 radical (unpaired) electrons. The lowest BCUT2D eigenvalue weighted by Gasteiger charge is -2.03. The van der Waals surface area contributed by atoms with Crippen molar-refractivity contribution in [1.29, 1.82) is 0 Å². The van der Waals surface area contributed by atoms with Crippen LogP contribution in [0.1, 0.15) is 16.4 Å². The van der Waals surface area contributed by atoms with E-state index in [4.69, 9.17) is 9.47 Å². The van der Waals surface area contributed by atoms with E-state index < -0.39 is 0 Å². The summed E-state index contributed by atoms with van der Waals surface area (Å²) < 4.78 is 10.6. The molecule has 0 spiro atoms. The zero-order valence-corrected chi connectivity index (χ0v) is 13.3. The lowest BCUT2D eigenvalue weighted by Crippen LogP contribution is -2.21. The number of amidine groups is 1. The molecule has 2 aliphatic rings. The number of nitrogens with zero attached hydrogens (tertiary/aromatic N) is 2. The number of benzene rings is 2. The Bertz CT molecular complexity index is 836. The molecule has 1 atom stereocenters. The molecule has 4 rings (SSSR count). The number of amides is 1. The normalized spacial score (nSPS) is 20.8. The first-order chi connectivity index (χ1) is 11.8. The molecule has 1 saturated heterocycles. The molecule has 1 amide bonds. The topological polar surface area (TPSA) is 72.3 Å². The fourth-order valence-electron chi connectivity index (χ4n) is 2.40. The van der Waals surface area contributed by atoms with Crippen molar-refractivity contribution in [2.45, 2.75) is 5.25 Å². The molecule has 1 N–H and O–H groups in total. The van der Waals surface area contributed by atoms with E-state index in [9.17, 15) is 4.79 Å². The first-order valence-electron chi connectivity index (χ1n) is 7.33. The maximum atomic E-state index is 12.1. The maximum Gasteiger partial charge on any atom is 0.244 e. The molecule has 0 saturated carbocycles. The molecule has 1 fully saturated rings. The van der Waals surface area contributed by atoms with Gasteiger partial charge < -0.3 is 14.8 Å². The molecule has 24 heavy (non-hydrogen) atoms. The van der Waals surface area contributed by atoms with Crippen LogP contribution in [0.15, 0.2) is 58.7 Å². The van der Waals surface area contributed by atoms with Gasteiger partial charge in [-0.2, -0.15) is 5.10 Å². The number of rotatable bonds is 3. The smallest absolute Gasteiger partial charge is 0.244 e. The summed E-state index contributed by atoms with van der Waals surface area (Å²) in [7, 11) is 0. The summed E-state index contributed by atoms with van der Waals surface area (Å²) in [4.78, 5) is 12.1. The number of carbonyl (C=O) groups excluding carboxylic acids is 1. The second kappa shape index (κ2) is 6.37. The van der Waals surface area contributed by atoms with E-state index in [1.54, 1.807) is 6.21 Å². The van der Waals surface area contributed by atoms with Crippen LogP contribution in [-0.4, -0.2) is 24.1 Å². The largest absolute Gasteiger partial charge is 0.454 e. The summed E-state index contributed by atoms with van der Waals surface area (Å²) in [5.74, 6) is 1.34. The predicted molar refractivity (Wildman–Crippen MR) is 92.5 cm³/mol.